The molecule has 31 heavy (non-hydrogen) atoms. The number of carbonyl (C=O) groups is 3. The van der Waals surface area contributed by atoms with Crippen molar-refractivity contribution in [2.24, 2.45) is 17.8 Å². The maximum absolute atomic E-state index is 12.0. The van der Waals surface area contributed by atoms with Crippen molar-refractivity contribution in [1.82, 2.24) is 0 Å². The summed E-state index contributed by atoms with van der Waals surface area (Å²) in [6.45, 7) is 12.0. The number of esters is 3. The van der Waals surface area contributed by atoms with E-state index in [1.807, 2.05) is 41.5 Å². The lowest BCUT2D eigenvalue weighted by Crippen LogP contribution is -2.40. The fourth-order valence-corrected chi connectivity index (χ4v) is 2.65. The lowest BCUT2D eigenvalue weighted by atomic mass is 9.84. The van der Waals surface area contributed by atoms with Crippen LogP contribution < -0.4 is 0 Å². The molecule has 0 heterocycles. The summed E-state index contributed by atoms with van der Waals surface area (Å²) >= 11 is 0. The van der Waals surface area contributed by atoms with E-state index in [4.69, 9.17) is 14.2 Å². The van der Waals surface area contributed by atoms with E-state index in [0.29, 0.717) is 0 Å². The van der Waals surface area contributed by atoms with Crippen molar-refractivity contribution >= 4 is 17.9 Å². The van der Waals surface area contributed by atoms with E-state index in [1.54, 1.807) is 0 Å². The summed E-state index contributed by atoms with van der Waals surface area (Å²) in [5.74, 6) is -1.17. The third-order valence-electron chi connectivity index (χ3n) is 4.50. The molecule has 0 aromatic carbocycles. The van der Waals surface area contributed by atoms with Crippen LogP contribution in [-0.2, 0) is 28.6 Å². The SMILES string of the molecule is CC(C)COC(=O)CCC(CCC(=O)OCC(C)C)(CCC(=O)OCC(C)C)[N+](=O)[O-]. The van der Waals surface area contributed by atoms with Gasteiger partial charge in [-0.25, -0.2) is 0 Å². The van der Waals surface area contributed by atoms with Crippen LogP contribution in [0.15, 0.2) is 0 Å². The van der Waals surface area contributed by atoms with E-state index >= 15 is 0 Å². The van der Waals surface area contributed by atoms with Gasteiger partial charge in [0.25, 0.3) is 0 Å². The minimum absolute atomic E-state index is 0.133. The Morgan fingerprint density at radius 1 is 0.677 bits per heavy atom. The van der Waals surface area contributed by atoms with Crippen LogP contribution in [0, 0.1) is 27.9 Å². The molecule has 0 aromatic heterocycles. The van der Waals surface area contributed by atoms with Gasteiger partial charge in [0.05, 0.1) is 39.1 Å². The molecule has 0 atom stereocenters. The van der Waals surface area contributed by atoms with Crippen molar-refractivity contribution < 1.29 is 33.5 Å². The molecule has 0 fully saturated rings. The summed E-state index contributed by atoms with van der Waals surface area (Å²) in [6, 6.07) is 0. The van der Waals surface area contributed by atoms with E-state index in [0.717, 1.165) is 0 Å². The van der Waals surface area contributed by atoms with Gasteiger partial charge >= 0.3 is 17.9 Å². The Labute approximate surface area is 185 Å². The molecular formula is C22H39NO8. The van der Waals surface area contributed by atoms with Gasteiger partial charge in [0.1, 0.15) is 0 Å². The summed E-state index contributed by atoms with van der Waals surface area (Å²) in [5.41, 5.74) is -1.62. The van der Waals surface area contributed by atoms with E-state index in [2.05, 4.69) is 0 Å². The average molecular weight is 446 g/mol. The molecule has 0 spiro atoms. The zero-order valence-corrected chi connectivity index (χ0v) is 19.8. The Hall–Kier alpha value is -2.19. The molecule has 0 aliphatic rings. The number of hydrogen-bond donors (Lipinski definition) is 0. The van der Waals surface area contributed by atoms with Gasteiger partial charge in [-0.2, -0.15) is 0 Å². The van der Waals surface area contributed by atoms with Gasteiger partial charge in [-0.3, -0.25) is 24.5 Å². The van der Waals surface area contributed by atoms with E-state index in [9.17, 15) is 24.5 Å². The first-order valence-electron chi connectivity index (χ1n) is 11.0. The molecule has 0 rings (SSSR count). The maximum Gasteiger partial charge on any atom is 0.306 e. The average Bonchev–Trinajstić information content (AvgIpc) is 2.68. The lowest BCUT2D eigenvalue weighted by molar-refractivity contribution is -0.573. The van der Waals surface area contributed by atoms with Gasteiger partial charge in [0.2, 0.25) is 5.54 Å². The smallest absolute Gasteiger partial charge is 0.306 e. The van der Waals surface area contributed by atoms with E-state index < -0.39 is 28.4 Å². The zero-order valence-electron chi connectivity index (χ0n) is 19.8. The Morgan fingerprint density at radius 3 is 1.13 bits per heavy atom. The van der Waals surface area contributed by atoms with Crippen LogP contribution in [0.3, 0.4) is 0 Å². The highest BCUT2D eigenvalue weighted by molar-refractivity contribution is 5.71. The summed E-state index contributed by atoms with van der Waals surface area (Å²) in [6.07, 6.45) is -0.912. The highest BCUT2D eigenvalue weighted by Gasteiger charge is 2.43. The van der Waals surface area contributed by atoms with Crippen LogP contribution in [0.4, 0.5) is 0 Å². The zero-order chi connectivity index (χ0) is 24.0. The first-order chi connectivity index (χ1) is 14.4. The normalized spacial score (nSPS) is 11.6. The van der Waals surface area contributed by atoms with Gasteiger partial charge in [-0.05, 0) is 17.8 Å². The number of nitrogens with zero attached hydrogens (tertiary/aromatic N) is 1. The number of carbonyl (C=O) groups excluding carboxylic acids is 3. The second-order valence-corrected chi connectivity index (χ2v) is 9.21. The Morgan fingerprint density at radius 2 is 0.935 bits per heavy atom. The van der Waals surface area contributed by atoms with Crippen molar-refractivity contribution in [2.75, 3.05) is 19.8 Å². The Balaban J connectivity index is 5.17. The van der Waals surface area contributed by atoms with Crippen LogP contribution in [0.25, 0.3) is 0 Å². The minimum atomic E-state index is -1.62. The molecule has 0 aromatic rings. The molecule has 0 aliphatic carbocycles. The van der Waals surface area contributed by atoms with Gasteiger partial charge in [-0.1, -0.05) is 41.5 Å². The molecule has 0 amide bonds. The molecule has 0 saturated heterocycles. The molecule has 0 bridgehead atoms. The summed E-state index contributed by atoms with van der Waals surface area (Å²) in [7, 11) is 0. The fraction of sp³-hybridized carbons (Fsp3) is 0.864. The van der Waals surface area contributed by atoms with Crippen molar-refractivity contribution in [2.45, 2.75) is 85.6 Å². The molecule has 180 valence electrons. The van der Waals surface area contributed by atoms with Gasteiger partial charge in [0.15, 0.2) is 0 Å². The Bertz CT molecular complexity index is 517. The summed E-state index contributed by atoms with van der Waals surface area (Å²) in [4.78, 5) is 47.6. The largest absolute Gasteiger partial charge is 0.465 e. The van der Waals surface area contributed by atoms with Crippen molar-refractivity contribution in [1.29, 1.82) is 0 Å². The van der Waals surface area contributed by atoms with Gasteiger partial charge in [0, 0.05) is 24.2 Å². The third-order valence-corrected chi connectivity index (χ3v) is 4.50. The van der Waals surface area contributed by atoms with Crippen molar-refractivity contribution in [3.63, 3.8) is 0 Å². The minimum Gasteiger partial charge on any atom is -0.465 e. The van der Waals surface area contributed by atoms with Gasteiger partial charge in [-0.15, -0.1) is 0 Å². The molecule has 0 N–H and O–H groups in total. The van der Waals surface area contributed by atoms with Crippen molar-refractivity contribution in [3.05, 3.63) is 10.1 Å². The fourth-order valence-electron chi connectivity index (χ4n) is 2.65. The maximum atomic E-state index is 12.0. The van der Waals surface area contributed by atoms with Crippen LogP contribution in [0.5, 0.6) is 0 Å². The molecule has 0 radical (unpaired) electrons. The summed E-state index contributed by atoms with van der Waals surface area (Å²) in [5, 5.41) is 12.0. The standard InChI is InChI=1S/C22H39NO8/c1-16(2)13-29-19(24)7-10-22(23(27)28,11-8-20(25)30-14-17(3)4)12-9-21(26)31-15-18(5)6/h16-18H,7-15H2,1-6H3. The number of nitro groups is 1. The predicted molar refractivity (Wildman–Crippen MR) is 115 cm³/mol. The van der Waals surface area contributed by atoms with Crippen molar-refractivity contribution in [3.8, 4) is 0 Å². The first kappa shape index (κ1) is 28.8. The third kappa shape index (κ3) is 13.7. The monoisotopic (exact) mass is 445 g/mol. The molecule has 9 nitrogen and oxygen atoms in total. The van der Waals surface area contributed by atoms with Gasteiger partial charge < -0.3 is 14.2 Å². The number of hydrogen-bond acceptors (Lipinski definition) is 8. The predicted octanol–water partition coefficient (Wildman–Crippen LogP) is 3.94. The first-order valence-corrected chi connectivity index (χ1v) is 11.0. The molecule has 9 heteroatoms. The topological polar surface area (TPSA) is 122 Å². The van der Waals surface area contributed by atoms with Crippen LogP contribution in [-0.4, -0.2) is 48.2 Å². The van der Waals surface area contributed by atoms with E-state index in [1.165, 1.54) is 0 Å². The van der Waals surface area contributed by atoms with E-state index in [-0.39, 0.29) is 76.1 Å². The number of rotatable bonds is 16. The molecule has 0 aliphatic heterocycles. The molecule has 0 unspecified atom stereocenters. The van der Waals surface area contributed by atoms with Crippen LogP contribution in [0.1, 0.15) is 80.1 Å². The second kappa shape index (κ2) is 14.8. The molecular weight excluding hydrogens is 406 g/mol. The highest BCUT2D eigenvalue weighted by atomic mass is 16.6. The Kier molecular flexibility index (Phi) is 13.7. The second-order valence-electron chi connectivity index (χ2n) is 9.21. The highest BCUT2D eigenvalue weighted by Crippen LogP contribution is 2.30. The molecule has 0 saturated carbocycles. The summed E-state index contributed by atoms with van der Waals surface area (Å²) < 4.78 is 15.3. The lowest BCUT2D eigenvalue weighted by Gasteiger charge is -2.25. The quantitative estimate of drug-likeness (QED) is 0.151. The van der Waals surface area contributed by atoms with Crippen LogP contribution >= 0.6 is 0 Å². The van der Waals surface area contributed by atoms with Crippen LogP contribution in [0.2, 0.25) is 0 Å². The number of ether oxygens (including phenoxy) is 3.